The first-order valence-corrected chi connectivity index (χ1v) is 10.00. The smallest absolute Gasteiger partial charge is 0.194 e. The number of piperazine rings is 1. The Bertz CT molecular complexity index is 944. The van der Waals surface area contributed by atoms with E-state index in [1.54, 1.807) is 0 Å². The van der Waals surface area contributed by atoms with Gasteiger partial charge in [0.25, 0.3) is 0 Å². The Morgan fingerprint density at radius 2 is 1.69 bits per heavy atom. The van der Waals surface area contributed by atoms with Crippen molar-refractivity contribution in [3.05, 3.63) is 60.4 Å². The number of fused-ring (bicyclic) bond motifs is 1. The monoisotopic (exact) mass is 504 g/mol. The third kappa shape index (κ3) is 4.83. The Labute approximate surface area is 189 Å². The van der Waals surface area contributed by atoms with Crippen molar-refractivity contribution in [1.82, 2.24) is 19.8 Å². The van der Waals surface area contributed by atoms with E-state index in [1.165, 1.54) is 5.69 Å². The van der Waals surface area contributed by atoms with Gasteiger partial charge in [-0.3, -0.25) is 0 Å². The minimum Gasteiger partial charge on any atom is -0.368 e. The van der Waals surface area contributed by atoms with Crippen molar-refractivity contribution >= 4 is 46.7 Å². The van der Waals surface area contributed by atoms with Gasteiger partial charge in [0.2, 0.25) is 0 Å². The molecule has 2 aromatic carbocycles. The Balaban J connectivity index is 0.00000240. The number of rotatable bonds is 4. The number of nitrogens with one attached hydrogen (secondary N) is 1. The van der Waals surface area contributed by atoms with Crippen LogP contribution in [0.15, 0.2) is 59.6 Å². The van der Waals surface area contributed by atoms with Gasteiger partial charge in [-0.2, -0.15) is 0 Å². The van der Waals surface area contributed by atoms with Crippen LogP contribution in [-0.2, 0) is 13.6 Å². The predicted molar refractivity (Wildman–Crippen MR) is 131 cm³/mol. The molecule has 0 radical (unpaired) electrons. The minimum absolute atomic E-state index is 0. The molecule has 7 heteroatoms. The van der Waals surface area contributed by atoms with E-state index in [2.05, 4.69) is 76.1 Å². The molecule has 2 heterocycles. The van der Waals surface area contributed by atoms with Crippen LogP contribution in [-0.4, -0.2) is 53.1 Å². The highest BCUT2D eigenvalue weighted by Crippen LogP contribution is 2.17. The first-order chi connectivity index (χ1) is 13.8. The summed E-state index contributed by atoms with van der Waals surface area (Å²) in [6.07, 6.45) is 0. The number of aromatic nitrogens is 2. The van der Waals surface area contributed by atoms with E-state index in [1.807, 2.05) is 12.1 Å². The number of hydrogen-bond acceptors (Lipinski definition) is 3. The van der Waals surface area contributed by atoms with Crippen molar-refractivity contribution in [2.75, 3.05) is 37.6 Å². The van der Waals surface area contributed by atoms with Crippen LogP contribution in [0.4, 0.5) is 5.69 Å². The number of imidazole rings is 1. The number of halogens is 1. The lowest BCUT2D eigenvalue weighted by molar-refractivity contribution is 0.372. The quantitative estimate of drug-likeness (QED) is 0.336. The molecule has 1 aliphatic heterocycles. The zero-order chi connectivity index (χ0) is 19.3. The highest BCUT2D eigenvalue weighted by Gasteiger charge is 2.20. The summed E-state index contributed by atoms with van der Waals surface area (Å²) in [7, 11) is 2.06. The summed E-state index contributed by atoms with van der Waals surface area (Å²) in [4.78, 5) is 14.4. The molecule has 29 heavy (non-hydrogen) atoms. The largest absolute Gasteiger partial charge is 0.368 e. The maximum Gasteiger partial charge on any atom is 0.194 e. The standard InChI is InChI=1S/C22H28N6.HI/c1-3-23-22(24-17-21-25-19-11-7-8-12-20(19)26(21)2)28-15-13-27(14-16-28)18-9-5-4-6-10-18;/h4-12H,3,13-17H2,1-2H3,(H,23,24);1H. The van der Waals surface area contributed by atoms with Crippen LogP contribution in [0.25, 0.3) is 11.0 Å². The zero-order valence-electron chi connectivity index (χ0n) is 17.1. The third-order valence-corrected chi connectivity index (χ3v) is 5.29. The normalized spacial score (nSPS) is 14.8. The molecule has 4 rings (SSSR count). The van der Waals surface area contributed by atoms with Gasteiger partial charge in [0, 0.05) is 45.5 Å². The fraction of sp³-hybridized carbons (Fsp3) is 0.364. The summed E-state index contributed by atoms with van der Waals surface area (Å²) < 4.78 is 2.13. The SMILES string of the molecule is CCNC(=NCc1nc2ccccc2n1C)N1CCN(c2ccccc2)CC1.I. The molecule has 0 atom stereocenters. The van der Waals surface area contributed by atoms with E-state index in [0.29, 0.717) is 6.54 Å². The van der Waals surface area contributed by atoms with Gasteiger partial charge >= 0.3 is 0 Å². The average Bonchev–Trinajstić information content (AvgIpc) is 3.08. The number of guanidine groups is 1. The van der Waals surface area contributed by atoms with E-state index in [-0.39, 0.29) is 24.0 Å². The average molecular weight is 504 g/mol. The second-order valence-electron chi connectivity index (χ2n) is 7.06. The first kappa shape index (κ1) is 21.4. The van der Waals surface area contributed by atoms with Gasteiger partial charge in [0.1, 0.15) is 12.4 Å². The third-order valence-electron chi connectivity index (χ3n) is 5.29. The summed E-state index contributed by atoms with van der Waals surface area (Å²) in [5.41, 5.74) is 3.47. The Kier molecular flexibility index (Phi) is 7.35. The predicted octanol–water partition coefficient (Wildman–Crippen LogP) is 3.48. The molecular weight excluding hydrogens is 475 g/mol. The summed E-state index contributed by atoms with van der Waals surface area (Å²) in [6, 6.07) is 18.9. The van der Waals surface area contributed by atoms with Gasteiger partial charge in [-0.1, -0.05) is 30.3 Å². The Hall–Kier alpha value is -2.29. The van der Waals surface area contributed by atoms with Crippen LogP contribution in [0, 0.1) is 0 Å². The molecule has 1 aromatic heterocycles. The number of aryl methyl sites for hydroxylation is 1. The van der Waals surface area contributed by atoms with Crippen LogP contribution < -0.4 is 10.2 Å². The lowest BCUT2D eigenvalue weighted by atomic mass is 10.2. The fourth-order valence-electron chi connectivity index (χ4n) is 3.72. The highest BCUT2D eigenvalue weighted by molar-refractivity contribution is 14.0. The lowest BCUT2D eigenvalue weighted by Crippen LogP contribution is -2.52. The fourth-order valence-corrected chi connectivity index (χ4v) is 3.72. The summed E-state index contributed by atoms with van der Waals surface area (Å²) in [6.45, 7) is 7.48. The van der Waals surface area contributed by atoms with Crippen molar-refractivity contribution in [3.63, 3.8) is 0 Å². The van der Waals surface area contributed by atoms with Gasteiger partial charge in [0.15, 0.2) is 5.96 Å². The molecule has 1 fully saturated rings. The number of para-hydroxylation sites is 3. The van der Waals surface area contributed by atoms with E-state index in [0.717, 1.165) is 55.5 Å². The molecule has 0 spiro atoms. The minimum atomic E-state index is 0. The highest BCUT2D eigenvalue weighted by atomic mass is 127. The molecule has 6 nitrogen and oxygen atoms in total. The van der Waals surface area contributed by atoms with Gasteiger partial charge < -0.3 is 19.7 Å². The molecule has 1 saturated heterocycles. The second-order valence-corrected chi connectivity index (χ2v) is 7.06. The molecule has 0 amide bonds. The molecule has 3 aromatic rings. The number of benzene rings is 2. The van der Waals surface area contributed by atoms with Crippen molar-refractivity contribution in [3.8, 4) is 0 Å². The number of nitrogens with zero attached hydrogens (tertiary/aromatic N) is 5. The van der Waals surface area contributed by atoms with Crippen molar-refractivity contribution < 1.29 is 0 Å². The Morgan fingerprint density at radius 1 is 1.00 bits per heavy atom. The maximum absolute atomic E-state index is 4.89. The molecule has 0 saturated carbocycles. The van der Waals surface area contributed by atoms with Crippen molar-refractivity contribution in [2.45, 2.75) is 13.5 Å². The van der Waals surface area contributed by atoms with Gasteiger partial charge in [-0.05, 0) is 31.2 Å². The van der Waals surface area contributed by atoms with Gasteiger partial charge in [0.05, 0.1) is 11.0 Å². The number of aliphatic imine (C=N–C) groups is 1. The van der Waals surface area contributed by atoms with Crippen LogP contribution in [0.1, 0.15) is 12.7 Å². The van der Waals surface area contributed by atoms with E-state index in [4.69, 9.17) is 9.98 Å². The molecular formula is C22H29IN6. The number of anilines is 1. The van der Waals surface area contributed by atoms with E-state index in [9.17, 15) is 0 Å². The zero-order valence-corrected chi connectivity index (χ0v) is 19.4. The molecule has 154 valence electrons. The van der Waals surface area contributed by atoms with Gasteiger partial charge in [-0.25, -0.2) is 9.98 Å². The molecule has 0 unspecified atom stereocenters. The van der Waals surface area contributed by atoms with Crippen LogP contribution in [0.3, 0.4) is 0 Å². The van der Waals surface area contributed by atoms with Crippen molar-refractivity contribution in [1.29, 1.82) is 0 Å². The molecule has 0 aliphatic carbocycles. The molecule has 0 bridgehead atoms. The Morgan fingerprint density at radius 3 is 2.38 bits per heavy atom. The van der Waals surface area contributed by atoms with E-state index >= 15 is 0 Å². The lowest BCUT2D eigenvalue weighted by Gasteiger charge is -2.37. The summed E-state index contributed by atoms with van der Waals surface area (Å²) in [5, 5.41) is 3.45. The van der Waals surface area contributed by atoms with Crippen LogP contribution >= 0.6 is 24.0 Å². The van der Waals surface area contributed by atoms with Crippen molar-refractivity contribution in [2.24, 2.45) is 12.0 Å². The van der Waals surface area contributed by atoms with Crippen LogP contribution in [0.2, 0.25) is 0 Å². The second kappa shape index (κ2) is 9.96. The topological polar surface area (TPSA) is 48.7 Å². The molecule has 1 N–H and O–H groups in total. The molecule has 1 aliphatic rings. The maximum atomic E-state index is 4.89. The number of hydrogen-bond donors (Lipinski definition) is 1. The van der Waals surface area contributed by atoms with E-state index < -0.39 is 0 Å². The summed E-state index contributed by atoms with van der Waals surface area (Å²) in [5.74, 6) is 1.96. The first-order valence-electron chi connectivity index (χ1n) is 10.00. The summed E-state index contributed by atoms with van der Waals surface area (Å²) >= 11 is 0. The van der Waals surface area contributed by atoms with Crippen LogP contribution in [0.5, 0.6) is 0 Å². The van der Waals surface area contributed by atoms with Gasteiger partial charge in [-0.15, -0.1) is 24.0 Å².